The van der Waals surface area contributed by atoms with Gasteiger partial charge >= 0.3 is 5.88 Å². The Morgan fingerprint density at radius 3 is 2.65 bits per heavy atom. The molecule has 2 heterocycles. The SMILES string of the molecule is O=[N+]([O-])c1ccc(/C=C/c2cnc3ccccc3n2)o1. The zero-order valence-electron chi connectivity index (χ0n) is 10.3. The molecule has 98 valence electrons. The molecule has 0 aliphatic heterocycles. The molecule has 1 aromatic carbocycles. The van der Waals surface area contributed by atoms with Gasteiger partial charge in [-0.25, -0.2) is 4.98 Å². The molecule has 0 amide bonds. The summed E-state index contributed by atoms with van der Waals surface area (Å²) in [7, 11) is 0. The van der Waals surface area contributed by atoms with Gasteiger partial charge in [0.1, 0.15) is 10.7 Å². The smallest absolute Gasteiger partial charge is 0.401 e. The first-order valence-corrected chi connectivity index (χ1v) is 5.86. The van der Waals surface area contributed by atoms with E-state index >= 15 is 0 Å². The van der Waals surface area contributed by atoms with E-state index in [0.717, 1.165) is 11.0 Å². The molecule has 6 nitrogen and oxygen atoms in total. The molecule has 20 heavy (non-hydrogen) atoms. The molecule has 3 rings (SSSR count). The Balaban J connectivity index is 1.87. The second-order valence-corrected chi connectivity index (χ2v) is 4.05. The summed E-state index contributed by atoms with van der Waals surface area (Å²) < 4.78 is 5.02. The molecule has 0 unspecified atom stereocenters. The fourth-order valence-corrected chi connectivity index (χ4v) is 1.75. The summed E-state index contributed by atoms with van der Waals surface area (Å²) in [5.41, 5.74) is 2.26. The average Bonchev–Trinajstić information content (AvgIpc) is 2.94. The molecule has 0 atom stereocenters. The fourth-order valence-electron chi connectivity index (χ4n) is 1.75. The maximum Gasteiger partial charge on any atom is 0.433 e. The summed E-state index contributed by atoms with van der Waals surface area (Å²) in [6.07, 6.45) is 4.95. The number of fused-ring (bicyclic) bond motifs is 1. The zero-order chi connectivity index (χ0) is 13.9. The molecular formula is C14H9N3O3. The van der Waals surface area contributed by atoms with E-state index in [2.05, 4.69) is 9.97 Å². The summed E-state index contributed by atoms with van der Waals surface area (Å²) in [6, 6.07) is 10.4. The number of benzene rings is 1. The van der Waals surface area contributed by atoms with Gasteiger partial charge < -0.3 is 4.42 Å². The first-order chi connectivity index (χ1) is 9.72. The monoisotopic (exact) mass is 267 g/mol. The highest BCUT2D eigenvalue weighted by atomic mass is 16.6. The van der Waals surface area contributed by atoms with Gasteiger partial charge in [-0.15, -0.1) is 0 Å². The van der Waals surface area contributed by atoms with Crippen LogP contribution in [0.4, 0.5) is 5.88 Å². The molecule has 0 radical (unpaired) electrons. The number of hydrogen-bond acceptors (Lipinski definition) is 5. The van der Waals surface area contributed by atoms with Gasteiger partial charge in [0.25, 0.3) is 0 Å². The molecule has 2 aromatic heterocycles. The van der Waals surface area contributed by atoms with E-state index in [1.54, 1.807) is 18.3 Å². The average molecular weight is 267 g/mol. The molecule has 0 saturated carbocycles. The molecule has 3 aromatic rings. The van der Waals surface area contributed by atoms with Gasteiger partial charge in [-0.3, -0.25) is 15.1 Å². The van der Waals surface area contributed by atoms with E-state index in [9.17, 15) is 10.1 Å². The second kappa shape index (κ2) is 4.93. The van der Waals surface area contributed by atoms with E-state index < -0.39 is 4.92 Å². The Kier molecular flexibility index (Phi) is 2.96. The molecule has 0 fully saturated rings. The van der Waals surface area contributed by atoms with Crippen LogP contribution in [0.1, 0.15) is 11.5 Å². The highest BCUT2D eigenvalue weighted by molar-refractivity contribution is 5.76. The van der Waals surface area contributed by atoms with E-state index in [0.29, 0.717) is 11.5 Å². The molecule has 0 spiro atoms. The van der Waals surface area contributed by atoms with Crippen molar-refractivity contribution < 1.29 is 9.34 Å². The third-order valence-corrected chi connectivity index (χ3v) is 2.68. The van der Waals surface area contributed by atoms with Crippen molar-refractivity contribution in [3.8, 4) is 0 Å². The van der Waals surface area contributed by atoms with Gasteiger partial charge in [0, 0.05) is 0 Å². The van der Waals surface area contributed by atoms with E-state index in [1.807, 2.05) is 24.3 Å². The lowest BCUT2D eigenvalue weighted by Crippen LogP contribution is -1.86. The van der Waals surface area contributed by atoms with Crippen LogP contribution in [-0.4, -0.2) is 14.9 Å². The van der Waals surface area contributed by atoms with Crippen molar-refractivity contribution in [2.24, 2.45) is 0 Å². The highest BCUT2D eigenvalue weighted by Gasteiger charge is 2.09. The molecular weight excluding hydrogens is 258 g/mol. The van der Waals surface area contributed by atoms with E-state index in [-0.39, 0.29) is 5.88 Å². The first-order valence-electron chi connectivity index (χ1n) is 5.86. The Hall–Kier alpha value is -3.02. The molecule has 0 aliphatic carbocycles. The lowest BCUT2D eigenvalue weighted by atomic mass is 10.3. The number of aromatic nitrogens is 2. The normalized spacial score (nSPS) is 11.2. The topological polar surface area (TPSA) is 82.1 Å². The summed E-state index contributed by atoms with van der Waals surface area (Å²) in [6.45, 7) is 0. The molecule has 0 saturated heterocycles. The summed E-state index contributed by atoms with van der Waals surface area (Å²) in [4.78, 5) is 18.6. The third-order valence-electron chi connectivity index (χ3n) is 2.68. The van der Waals surface area contributed by atoms with Crippen molar-refractivity contribution in [2.75, 3.05) is 0 Å². The number of hydrogen-bond donors (Lipinski definition) is 0. The maximum atomic E-state index is 10.5. The number of nitro groups is 1. The van der Waals surface area contributed by atoms with Gasteiger partial charge in [0.15, 0.2) is 0 Å². The van der Waals surface area contributed by atoms with Crippen LogP contribution in [0.3, 0.4) is 0 Å². The summed E-state index contributed by atoms with van der Waals surface area (Å²) in [5, 5.41) is 10.5. The van der Waals surface area contributed by atoms with Crippen molar-refractivity contribution >= 4 is 29.1 Å². The molecule has 0 N–H and O–H groups in total. The van der Waals surface area contributed by atoms with Crippen LogP contribution in [0.2, 0.25) is 0 Å². The van der Waals surface area contributed by atoms with Crippen molar-refractivity contribution in [3.05, 3.63) is 64.2 Å². The standard InChI is InChI=1S/C14H9N3O3/c18-17(19)14-8-7-11(20-14)6-5-10-9-15-12-3-1-2-4-13(12)16-10/h1-9H/b6-5+. The number of para-hydroxylation sites is 2. The quantitative estimate of drug-likeness (QED) is 0.537. The van der Waals surface area contributed by atoms with Gasteiger partial charge in [-0.05, 0) is 30.4 Å². The number of furan rings is 1. The van der Waals surface area contributed by atoms with Crippen LogP contribution in [-0.2, 0) is 0 Å². The predicted octanol–water partition coefficient (Wildman–Crippen LogP) is 3.30. The van der Waals surface area contributed by atoms with Crippen LogP contribution in [0.15, 0.2) is 47.0 Å². The van der Waals surface area contributed by atoms with Crippen molar-refractivity contribution in [1.82, 2.24) is 9.97 Å². The lowest BCUT2D eigenvalue weighted by Gasteiger charge is -1.96. The van der Waals surface area contributed by atoms with Crippen molar-refractivity contribution in [1.29, 1.82) is 0 Å². The molecule has 0 bridgehead atoms. The van der Waals surface area contributed by atoms with Crippen molar-refractivity contribution in [3.63, 3.8) is 0 Å². The largest absolute Gasteiger partial charge is 0.433 e. The van der Waals surface area contributed by atoms with Gasteiger partial charge in [-0.1, -0.05) is 12.1 Å². The number of rotatable bonds is 3. The van der Waals surface area contributed by atoms with Crippen LogP contribution in [0.5, 0.6) is 0 Å². The van der Waals surface area contributed by atoms with Crippen LogP contribution in [0, 0.1) is 10.1 Å². The summed E-state index contributed by atoms with van der Waals surface area (Å²) in [5.74, 6) is 0.112. The fraction of sp³-hybridized carbons (Fsp3) is 0. The maximum absolute atomic E-state index is 10.5. The highest BCUT2D eigenvalue weighted by Crippen LogP contribution is 2.18. The minimum atomic E-state index is -0.576. The van der Waals surface area contributed by atoms with Crippen molar-refractivity contribution in [2.45, 2.75) is 0 Å². The predicted molar refractivity (Wildman–Crippen MR) is 73.8 cm³/mol. The minimum absolute atomic E-state index is 0.283. The van der Waals surface area contributed by atoms with Gasteiger partial charge in [0.2, 0.25) is 0 Å². The Morgan fingerprint density at radius 2 is 1.90 bits per heavy atom. The Bertz CT molecular complexity index is 808. The third kappa shape index (κ3) is 2.39. The van der Waals surface area contributed by atoms with Crippen LogP contribution in [0.25, 0.3) is 23.2 Å². The molecule has 0 aliphatic rings. The van der Waals surface area contributed by atoms with Gasteiger partial charge in [0.05, 0.1) is 29.0 Å². The summed E-state index contributed by atoms with van der Waals surface area (Å²) >= 11 is 0. The Morgan fingerprint density at radius 1 is 1.10 bits per heavy atom. The van der Waals surface area contributed by atoms with Gasteiger partial charge in [-0.2, -0.15) is 0 Å². The first kappa shape index (κ1) is 12.0. The lowest BCUT2D eigenvalue weighted by molar-refractivity contribution is -0.402. The van der Waals surface area contributed by atoms with Crippen LogP contribution >= 0.6 is 0 Å². The minimum Gasteiger partial charge on any atom is -0.401 e. The van der Waals surface area contributed by atoms with E-state index in [4.69, 9.17) is 4.42 Å². The molecule has 6 heteroatoms. The number of nitrogens with zero attached hydrogens (tertiary/aromatic N) is 3. The second-order valence-electron chi connectivity index (χ2n) is 4.05. The Labute approximate surface area is 113 Å². The van der Waals surface area contributed by atoms with Crippen LogP contribution < -0.4 is 0 Å². The van der Waals surface area contributed by atoms with E-state index in [1.165, 1.54) is 12.1 Å². The zero-order valence-corrected chi connectivity index (χ0v) is 10.3.